The molecule has 0 fully saturated rings. The Morgan fingerprint density at radius 2 is 1.79 bits per heavy atom. The monoisotopic (exact) mass is 216 g/mol. The number of hydrogen-bond acceptors (Lipinski definition) is 3. The Kier molecular flexibility index (Phi) is 7.86. The molecule has 2 nitrogen and oxygen atoms in total. The number of nitrogens with zero attached hydrogens (tertiary/aromatic N) is 2. The smallest absolute Gasteiger partial charge is 0.0990 e. The summed E-state index contributed by atoms with van der Waals surface area (Å²) in [6, 6.07) is 0. The standard InChI is InChI=1S/C11H24N2S/c1-6-8-12(3)11(7-2)13(4)9-10-14-5/h7H,6,8-10H2,1-5H3/b11-7-. The summed E-state index contributed by atoms with van der Waals surface area (Å²) < 4.78 is 0. The molecule has 0 N–H and O–H groups in total. The highest BCUT2D eigenvalue weighted by molar-refractivity contribution is 7.98. The highest BCUT2D eigenvalue weighted by Gasteiger charge is 2.07. The van der Waals surface area contributed by atoms with E-state index in [-0.39, 0.29) is 0 Å². The van der Waals surface area contributed by atoms with Crippen LogP contribution in [0.1, 0.15) is 20.3 Å². The van der Waals surface area contributed by atoms with E-state index >= 15 is 0 Å². The van der Waals surface area contributed by atoms with Crippen molar-refractivity contribution in [1.82, 2.24) is 9.80 Å². The molecule has 0 radical (unpaired) electrons. The molecule has 0 saturated heterocycles. The summed E-state index contributed by atoms with van der Waals surface area (Å²) in [6.07, 6.45) is 5.54. The topological polar surface area (TPSA) is 6.48 Å². The molecule has 0 amide bonds. The molecular formula is C11H24N2S. The molecule has 0 aliphatic rings. The minimum atomic E-state index is 1.12. The Bertz CT molecular complexity index is 169. The van der Waals surface area contributed by atoms with Crippen LogP contribution in [0.25, 0.3) is 0 Å². The van der Waals surface area contributed by atoms with Crippen LogP contribution in [0.5, 0.6) is 0 Å². The Labute approximate surface area is 93.3 Å². The first-order valence-electron chi connectivity index (χ1n) is 5.24. The third kappa shape index (κ3) is 4.80. The van der Waals surface area contributed by atoms with E-state index in [0.29, 0.717) is 0 Å². The molecule has 0 aliphatic heterocycles. The number of allylic oxidation sites excluding steroid dienone is 1. The molecule has 0 aromatic heterocycles. The zero-order chi connectivity index (χ0) is 11.0. The predicted molar refractivity (Wildman–Crippen MR) is 67.7 cm³/mol. The first-order valence-corrected chi connectivity index (χ1v) is 6.64. The van der Waals surface area contributed by atoms with Gasteiger partial charge < -0.3 is 9.80 Å². The van der Waals surface area contributed by atoms with E-state index in [1.165, 1.54) is 18.0 Å². The van der Waals surface area contributed by atoms with Gasteiger partial charge in [-0.3, -0.25) is 0 Å². The van der Waals surface area contributed by atoms with Crippen LogP contribution in [-0.4, -0.2) is 49.0 Å². The molecule has 84 valence electrons. The predicted octanol–water partition coefficient (Wildman–Crippen LogP) is 2.48. The molecule has 0 unspecified atom stereocenters. The lowest BCUT2D eigenvalue weighted by Crippen LogP contribution is -2.32. The number of rotatable bonds is 7. The van der Waals surface area contributed by atoms with E-state index in [4.69, 9.17) is 0 Å². The van der Waals surface area contributed by atoms with Crippen molar-refractivity contribution in [2.75, 3.05) is 39.2 Å². The van der Waals surface area contributed by atoms with Crippen molar-refractivity contribution in [1.29, 1.82) is 0 Å². The second-order valence-corrected chi connectivity index (χ2v) is 4.47. The minimum Gasteiger partial charge on any atom is -0.362 e. The zero-order valence-corrected chi connectivity index (χ0v) is 11.0. The lowest BCUT2D eigenvalue weighted by molar-refractivity contribution is 0.277. The van der Waals surface area contributed by atoms with Gasteiger partial charge in [-0.25, -0.2) is 0 Å². The summed E-state index contributed by atoms with van der Waals surface area (Å²) in [4.78, 5) is 4.65. The third-order valence-electron chi connectivity index (χ3n) is 2.23. The fourth-order valence-electron chi connectivity index (χ4n) is 1.52. The van der Waals surface area contributed by atoms with Crippen molar-refractivity contribution in [3.8, 4) is 0 Å². The molecule has 0 aromatic rings. The zero-order valence-electron chi connectivity index (χ0n) is 10.2. The van der Waals surface area contributed by atoms with Crippen LogP contribution in [0.4, 0.5) is 0 Å². The van der Waals surface area contributed by atoms with Crippen LogP contribution in [0.3, 0.4) is 0 Å². The molecule has 14 heavy (non-hydrogen) atoms. The lowest BCUT2D eigenvalue weighted by atomic mass is 10.4. The van der Waals surface area contributed by atoms with Gasteiger partial charge in [0, 0.05) is 32.9 Å². The van der Waals surface area contributed by atoms with E-state index in [0.717, 1.165) is 13.1 Å². The highest BCUT2D eigenvalue weighted by Crippen LogP contribution is 2.08. The van der Waals surface area contributed by atoms with Crippen LogP contribution in [0, 0.1) is 0 Å². The van der Waals surface area contributed by atoms with Gasteiger partial charge in [-0.05, 0) is 25.7 Å². The van der Waals surface area contributed by atoms with Crippen molar-refractivity contribution in [2.45, 2.75) is 20.3 Å². The Hall–Kier alpha value is -0.310. The Balaban J connectivity index is 4.11. The minimum absolute atomic E-state index is 1.12. The molecule has 3 heteroatoms. The maximum absolute atomic E-state index is 2.33. The molecule has 0 spiro atoms. The normalized spacial score (nSPS) is 11.6. The van der Waals surface area contributed by atoms with E-state index < -0.39 is 0 Å². The fourth-order valence-corrected chi connectivity index (χ4v) is 1.98. The van der Waals surface area contributed by atoms with Crippen molar-refractivity contribution in [3.63, 3.8) is 0 Å². The van der Waals surface area contributed by atoms with Crippen LogP contribution < -0.4 is 0 Å². The first-order chi connectivity index (χ1) is 6.67. The maximum atomic E-state index is 2.33. The van der Waals surface area contributed by atoms with Crippen LogP contribution in [-0.2, 0) is 0 Å². The van der Waals surface area contributed by atoms with Crippen LogP contribution >= 0.6 is 11.8 Å². The summed E-state index contributed by atoms with van der Waals surface area (Å²) in [5.74, 6) is 2.52. The van der Waals surface area contributed by atoms with Gasteiger partial charge in [0.2, 0.25) is 0 Å². The third-order valence-corrected chi connectivity index (χ3v) is 2.82. The van der Waals surface area contributed by atoms with Crippen molar-refractivity contribution in [2.24, 2.45) is 0 Å². The fraction of sp³-hybridized carbons (Fsp3) is 0.818. The van der Waals surface area contributed by atoms with Gasteiger partial charge in [0.05, 0.1) is 5.82 Å². The highest BCUT2D eigenvalue weighted by atomic mass is 32.2. The Morgan fingerprint density at radius 1 is 1.21 bits per heavy atom. The molecule has 0 saturated carbocycles. The van der Waals surface area contributed by atoms with Gasteiger partial charge >= 0.3 is 0 Å². The second kappa shape index (κ2) is 8.04. The summed E-state index contributed by atoms with van der Waals surface area (Å²) in [6.45, 7) is 6.57. The molecular weight excluding hydrogens is 192 g/mol. The van der Waals surface area contributed by atoms with Crippen molar-refractivity contribution >= 4 is 11.8 Å². The van der Waals surface area contributed by atoms with Crippen LogP contribution in [0.15, 0.2) is 11.9 Å². The Morgan fingerprint density at radius 3 is 2.21 bits per heavy atom. The van der Waals surface area contributed by atoms with E-state index in [1.807, 2.05) is 11.8 Å². The van der Waals surface area contributed by atoms with E-state index in [1.54, 1.807) is 0 Å². The van der Waals surface area contributed by atoms with Gasteiger partial charge in [-0.2, -0.15) is 11.8 Å². The van der Waals surface area contributed by atoms with Crippen molar-refractivity contribution in [3.05, 3.63) is 11.9 Å². The summed E-state index contributed by atoms with van der Waals surface area (Å²) in [7, 11) is 4.33. The van der Waals surface area contributed by atoms with Gasteiger partial charge in [-0.15, -0.1) is 0 Å². The largest absolute Gasteiger partial charge is 0.362 e. The van der Waals surface area contributed by atoms with E-state index in [9.17, 15) is 0 Å². The molecule has 0 aliphatic carbocycles. The van der Waals surface area contributed by atoms with Gasteiger partial charge in [-0.1, -0.05) is 6.92 Å². The van der Waals surface area contributed by atoms with Gasteiger partial charge in [0.25, 0.3) is 0 Å². The molecule has 0 bridgehead atoms. The average molecular weight is 216 g/mol. The summed E-state index contributed by atoms with van der Waals surface area (Å²) in [5, 5.41) is 0. The van der Waals surface area contributed by atoms with Crippen LogP contribution in [0.2, 0.25) is 0 Å². The summed E-state index contributed by atoms with van der Waals surface area (Å²) in [5.41, 5.74) is 0. The van der Waals surface area contributed by atoms with E-state index in [2.05, 4.69) is 50.1 Å². The quantitative estimate of drug-likeness (QED) is 0.645. The average Bonchev–Trinajstić information content (AvgIpc) is 2.16. The molecule has 0 aromatic carbocycles. The molecule has 0 rings (SSSR count). The first kappa shape index (κ1) is 13.7. The molecule has 0 heterocycles. The molecule has 0 atom stereocenters. The second-order valence-electron chi connectivity index (χ2n) is 3.48. The number of thioether (sulfide) groups is 1. The van der Waals surface area contributed by atoms with Gasteiger partial charge in [0.15, 0.2) is 0 Å². The lowest BCUT2D eigenvalue weighted by Gasteiger charge is -2.30. The summed E-state index contributed by atoms with van der Waals surface area (Å²) >= 11 is 1.90. The number of hydrogen-bond donors (Lipinski definition) is 0. The van der Waals surface area contributed by atoms with Gasteiger partial charge in [0.1, 0.15) is 0 Å². The SMILES string of the molecule is C/C=C(/N(C)CCC)N(C)CCSC. The van der Waals surface area contributed by atoms with Crippen molar-refractivity contribution < 1.29 is 0 Å². The maximum Gasteiger partial charge on any atom is 0.0990 e.